The van der Waals surface area contributed by atoms with Crippen LogP contribution >= 0.6 is 0 Å². The molecule has 0 aliphatic carbocycles. The maximum Gasteiger partial charge on any atom is 0.416 e. The van der Waals surface area contributed by atoms with E-state index in [-0.39, 0.29) is 22.5 Å². The Kier molecular flexibility index (Phi) is 10.6. The molecule has 2 aliphatic rings. The number of morpholine rings is 1. The normalized spacial score (nSPS) is 19.7. The summed E-state index contributed by atoms with van der Waals surface area (Å²) in [4.78, 5) is 30.8. The fourth-order valence-corrected chi connectivity index (χ4v) is 6.96. The molecule has 2 heterocycles. The van der Waals surface area contributed by atoms with Crippen molar-refractivity contribution in [2.75, 3.05) is 50.1 Å². The van der Waals surface area contributed by atoms with Gasteiger partial charge in [0, 0.05) is 36.8 Å². The molecule has 0 aromatic heterocycles. The van der Waals surface area contributed by atoms with Gasteiger partial charge >= 0.3 is 6.18 Å². The van der Waals surface area contributed by atoms with Gasteiger partial charge in [-0.2, -0.15) is 13.2 Å². The molecule has 2 fully saturated rings. The Bertz CT molecular complexity index is 1640. The second kappa shape index (κ2) is 14.4. The van der Waals surface area contributed by atoms with Gasteiger partial charge in [-0.15, -0.1) is 0 Å². The Balaban J connectivity index is 1.34. The predicted molar refractivity (Wildman–Crippen MR) is 170 cm³/mol. The number of nitrogens with zero attached hydrogens (tertiary/aromatic N) is 2. The molecular formula is C34H38F3N3O6S. The number of halogens is 3. The molecule has 0 bridgehead atoms. The van der Waals surface area contributed by atoms with Gasteiger partial charge in [-0.25, -0.2) is 8.42 Å². The van der Waals surface area contributed by atoms with Crippen LogP contribution in [0.1, 0.15) is 58.8 Å². The van der Waals surface area contributed by atoms with Crippen molar-refractivity contribution in [2.45, 2.75) is 48.8 Å². The summed E-state index contributed by atoms with van der Waals surface area (Å²) < 4.78 is 69.2. The molecule has 9 nitrogen and oxygen atoms in total. The van der Waals surface area contributed by atoms with E-state index < -0.39 is 46.2 Å². The van der Waals surface area contributed by atoms with E-state index >= 15 is 0 Å². The van der Waals surface area contributed by atoms with Crippen molar-refractivity contribution in [3.63, 3.8) is 0 Å². The van der Waals surface area contributed by atoms with Gasteiger partial charge in [0.15, 0.2) is 9.84 Å². The van der Waals surface area contributed by atoms with Crippen LogP contribution in [0.15, 0.2) is 77.7 Å². The third-order valence-electron chi connectivity index (χ3n) is 8.87. The van der Waals surface area contributed by atoms with Crippen LogP contribution in [0, 0.1) is 0 Å². The lowest BCUT2D eigenvalue weighted by Crippen LogP contribution is -2.54. The fourth-order valence-electron chi connectivity index (χ4n) is 6.08. The number of aliphatic hydroxyl groups excluding tert-OH is 1. The van der Waals surface area contributed by atoms with Gasteiger partial charge in [-0.1, -0.05) is 31.2 Å². The molecule has 3 aromatic rings. The van der Waals surface area contributed by atoms with Crippen molar-refractivity contribution in [1.82, 2.24) is 10.2 Å². The Morgan fingerprint density at radius 1 is 0.957 bits per heavy atom. The Labute approximate surface area is 272 Å². The smallest absolute Gasteiger partial charge is 0.394 e. The van der Waals surface area contributed by atoms with Crippen LogP contribution in [0.25, 0.3) is 0 Å². The van der Waals surface area contributed by atoms with Crippen molar-refractivity contribution in [2.24, 2.45) is 0 Å². The number of sulfone groups is 1. The van der Waals surface area contributed by atoms with Crippen LogP contribution in [-0.4, -0.2) is 81.5 Å². The number of benzene rings is 3. The SMILES string of the molecule is CCS(=O)(=O)c1ccc([C@H](CO)NC(=O)c2ccc(N3C[C@H](c4ccc(C(F)(F)F)cc4)CC[C@H]3C(=O)N3CCOCC3)cc2)cc1. The second-order valence-corrected chi connectivity index (χ2v) is 14.0. The molecule has 5 rings (SSSR count). The zero-order valence-corrected chi connectivity index (χ0v) is 26.8. The summed E-state index contributed by atoms with van der Waals surface area (Å²) >= 11 is 0. The molecular weight excluding hydrogens is 635 g/mol. The highest BCUT2D eigenvalue weighted by molar-refractivity contribution is 7.91. The van der Waals surface area contributed by atoms with Crippen molar-refractivity contribution in [3.8, 4) is 0 Å². The average Bonchev–Trinajstić information content (AvgIpc) is 3.10. The van der Waals surface area contributed by atoms with Gasteiger partial charge in [0.2, 0.25) is 5.91 Å². The van der Waals surface area contributed by atoms with Gasteiger partial charge in [-0.3, -0.25) is 9.59 Å². The molecule has 2 saturated heterocycles. The first-order valence-corrected chi connectivity index (χ1v) is 17.2. The maximum atomic E-state index is 13.7. The number of hydrogen-bond donors (Lipinski definition) is 2. The average molecular weight is 674 g/mol. The minimum Gasteiger partial charge on any atom is -0.394 e. The fraction of sp³-hybridized carbons (Fsp3) is 0.412. The third-order valence-corrected chi connectivity index (χ3v) is 10.6. The van der Waals surface area contributed by atoms with Gasteiger partial charge in [0.25, 0.3) is 5.91 Å². The summed E-state index contributed by atoms with van der Waals surface area (Å²) in [6, 6.07) is 16.6. The Hall–Kier alpha value is -3.94. The summed E-state index contributed by atoms with van der Waals surface area (Å²) in [5.74, 6) is -0.650. The van der Waals surface area contributed by atoms with Crippen LogP contribution < -0.4 is 10.2 Å². The lowest BCUT2D eigenvalue weighted by molar-refractivity contribution is -0.138. The number of carbonyl (C=O) groups excluding carboxylic acids is 2. The standard InChI is InChI=1S/C34H38F3N3O6S/c1-2-47(44,45)29-14-7-24(8-15-29)30(22-41)38-32(42)25-5-12-28(13-6-25)40-21-26(23-3-10-27(11-4-23)34(35,36)37)9-16-31(40)33(43)39-17-19-46-20-18-39/h3-8,10-15,26,30-31,41H,2,9,16-22H2,1H3,(H,38,42)/t26-,30+,31+/m1/s1. The summed E-state index contributed by atoms with van der Waals surface area (Å²) in [5.41, 5.74) is 1.58. The molecule has 3 atom stereocenters. The van der Waals surface area contributed by atoms with Gasteiger partial charge in [0.05, 0.1) is 42.1 Å². The number of piperidine rings is 1. The Morgan fingerprint density at radius 3 is 2.17 bits per heavy atom. The lowest BCUT2D eigenvalue weighted by atomic mass is 9.86. The van der Waals surface area contributed by atoms with Crippen molar-refractivity contribution in [3.05, 3.63) is 95.1 Å². The largest absolute Gasteiger partial charge is 0.416 e. The van der Waals surface area contributed by atoms with E-state index in [9.17, 15) is 36.3 Å². The number of rotatable bonds is 9. The van der Waals surface area contributed by atoms with Crippen molar-refractivity contribution < 1.29 is 41.0 Å². The summed E-state index contributed by atoms with van der Waals surface area (Å²) in [6.07, 6.45) is -3.31. The summed E-state index contributed by atoms with van der Waals surface area (Å²) in [7, 11) is -3.39. The number of ether oxygens (including phenoxy) is 1. The summed E-state index contributed by atoms with van der Waals surface area (Å²) in [6.45, 7) is 3.40. The lowest BCUT2D eigenvalue weighted by Gasteiger charge is -2.43. The van der Waals surface area contributed by atoms with E-state index in [1.54, 1.807) is 48.2 Å². The topological polar surface area (TPSA) is 116 Å². The number of nitrogens with one attached hydrogen (secondary N) is 1. The number of amides is 2. The van der Waals surface area contributed by atoms with E-state index in [1.807, 2.05) is 4.90 Å². The Morgan fingerprint density at radius 2 is 1.60 bits per heavy atom. The number of anilines is 1. The number of hydrogen-bond acceptors (Lipinski definition) is 7. The van der Waals surface area contributed by atoms with Crippen LogP contribution in [0.5, 0.6) is 0 Å². The first-order chi connectivity index (χ1) is 22.4. The molecule has 3 aromatic carbocycles. The van der Waals surface area contributed by atoms with Gasteiger partial charge in [0.1, 0.15) is 6.04 Å². The monoisotopic (exact) mass is 673 g/mol. The van der Waals surface area contributed by atoms with E-state index in [0.29, 0.717) is 62.5 Å². The highest BCUT2D eigenvalue weighted by atomic mass is 32.2. The molecule has 0 radical (unpaired) electrons. The van der Waals surface area contributed by atoms with Crippen LogP contribution in [0.2, 0.25) is 0 Å². The molecule has 0 spiro atoms. The van der Waals surface area contributed by atoms with Crippen molar-refractivity contribution >= 4 is 27.3 Å². The second-order valence-electron chi connectivity index (χ2n) is 11.7. The highest BCUT2D eigenvalue weighted by Gasteiger charge is 2.37. The molecule has 0 saturated carbocycles. The van der Waals surface area contributed by atoms with E-state index in [1.165, 1.54) is 24.3 Å². The molecule has 2 amide bonds. The zero-order valence-electron chi connectivity index (χ0n) is 25.9. The van der Waals surface area contributed by atoms with Crippen LogP contribution in [-0.2, 0) is 25.5 Å². The van der Waals surface area contributed by atoms with Crippen LogP contribution in [0.4, 0.5) is 18.9 Å². The molecule has 2 N–H and O–H groups in total. The van der Waals surface area contributed by atoms with Gasteiger partial charge < -0.3 is 25.0 Å². The number of aliphatic hydroxyl groups is 1. The van der Waals surface area contributed by atoms with Crippen LogP contribution in [0.3, 0.4) is 0 Å². The van der Waals surface area contributed by atoms with Crippen molar-refractivity contribution in [1.29, 1.82) is 0 Å². The van der Waals surface area contributed by atoms with E-state index in [4.69, 9.17) is 4.74 Å². The summed E-state index contributed by atoms with van der Waals surface area (Å²) in [5, 5.41) is 12.8. The molecule has 0 unspecified atom stereocenters. The number of alkyl halides is 3. The molecule has 2 aliphatic heterocycles. The third kappa shape index (κ3) is 7.96. The minimum atomic E-state index is -4.43. The minimum absolute atomic E-state index is 0.0375. The highest BCUT2D eigenvalue weighted by Crippen LogP contribution is 2.36. The van der Waals surface area contributed by atoms with E-state index in [2.05, 4.69) is 5.32 Å². The van der Waals surface area contributed by atoms with E-state index in [0.717, 1.165) is 17.7 Å². The predicted octanol–water partition coefficient (Wildman–Crippen LogP) is 4.57. The molecule has 47 heavy (non-hydrogen) atoms. The first-order valence-electron chi connectivity index (χ1n) is 15.6. The maximum absolute atomic E-state index is 13.7. The number of carbonyl (C=O) groups is 2. The zero-order chi connectivity index (χ0) is 33.8. The molecule has 252 valence electrons. The first kappa shape index (κ1) is 34.4. The van der Waals surface area contributed by atoms with Gasteiger partial charge in [-0.05, 0) is 72.5 Å². The quantitative estimate of drug-likeness (QED) is 0.342. The molecule has 13 heteroatoms.